The number of para-hydroxylation sites is 4. The highest BCUT2D eigenvalue weighted by Crippen LogP contribution is 2.49. The van der Waals surface area contributed by atoms with Crippen molar-refractivity contribution in [3.8, 4) is 22.3 Å². The van der Waals surface area contributed by atoms with Gasteiger partial charge in [0.1, 0.15) is 22.3 Å². The molecule has 244 valence electrons. The van der Waals surface area contributed by atoms with E-state index in [1.54, 1.807) is 0 Å². The summed E-state index contributed by atoms with van der Waals surface area (Å²) in [5.41, 5.74) is 12.2. The molecule has 11 aromatic rings. The molecule has 52 heavy (non-hydrogen) atoms. The maximum absolute atomic E-state index is 7.17. The second kappa shape index (κ2) is 11.2. The molecule has 11 rings (SSSR count). The molecule has 0 atom stereocenters. The van der Waals surface area contributed by atoms with Gasteiger partial charge in [0, 0.05) is 43.6 Å². The van der Waals surface area contributed by atoms with Crippen LogP contribution in [0.3, 0.4) is 0 Å². The smallest absolute Gasteiger partial charge is 0.159 e. The van der Waals surface area contributed by atoms with E-state index in [9.17, 15) is 0 Å². The molecule has 0 bridgehead atoms. The first-order chi connectivity index (χ1) is 25.8. The number of nitrogens with zero attached hydrogens (tertiary/aromatic N) is 1. The summed E-state index contributed by atoms with van der Waals surface area (Å²) in [6, 6.07) is 61.1. The zero-order chi connectivity index (χ0) is 34.2. The molecule has 0 N–H and O–H groups in total. The summed E-state index contributed by atoms with van der Waals surface area (Å²) in [5, 5.41) is 6.28. The van der Waals surface area contributed by atoms with E-state index in [-0.39, 0.29) is 0 Å². The number of fused-ring (bicyclic) bond motifs is 9. The third-order valence-electron chi connectivity index (χ3n) is 10.3. The minimum atomic E-state index is 0.784. The Labute approximate surface area is 298 Å². The first-order valence-electron chi connectivity index (χ1n) is 17.5. The number of anilines is 3. The maximum atomic E-state index is 7.17. The molecule has 0 amide bonds. The molecule has 4 nitrogen and oxygen atoms in total. The summed E-state index contributed by atoms with van der Waals surface area (Å²) >= 11 is 0. The summed E-state index contributed by atoms with van der Waals surface area (Å²) in [6.07, 6.45) is 0. The third kappa shape index (κ3) is 4.28. The number of furan rings is 3. The Bertz CT molecular complexity index is 3110. The fourth-order valence-corrected chi connectivity index (χ4v) is 7.93. The molecule has 0 aliphatic rings. The van der Waals surface area contributed by atoms with Crippen LogP contribution in [0, 0.1) is 0 Å². The van der Waals surface area contributed by atoms with Crippen LogP contribution in [0.15, 0.2) is 189 Å². The van der Waals surface area contributed by atoms with Crippen molar-refractivity contribution >= 4 is 82.9 Å². The average molecular weight is 668 g/mol. The van der Waals surface area contributed by atoms with Crippen LogP contribution in [0.2, 0.25) is 0 Å². The highest BCUT2D eigenvalue weighted by molar-refractivity contribution is 6.24. The van der Waals surface area contributed by atoms with Gasteiger partial charge in [-0.3, -0.25) is 0 Å². The van der Waals surface area contributed by atoms with Gasteiger partial charge in [-0.05, 0) is 59.2 Å². The standard InChI is InChI=1S/C48H29NO3/c1-3-13-30(14-4-1)31-25-27-33(28-26-31)49(39-21-11-19-35-34-17-7-9-23-41(34)51-46(35)39)40-22-12-20-36-38-29-43-45(37-18-8-10-24-42(37)50-43)44(48(38)52-47(36)40)32-15-5-2-6-16-32/h1-29H. The van der Waals surface area contributed by atoms with E-state index >= 15 is 0 Å². The van der Waals surface area contributed by atoms with Crippen molar-refractivity contribution < 1.29 is 13.3 Å². The topological polar surface area (TPSA) is 42.7 Å². The van der Waals surface area contributed by atoms with E-state index in [2.05, 4.69) is 144 Å². The van der Waals surface area contributed by atoms with E-state index in [4.69, 9.17) is 13.3 Å². The molecule has 0 saturated heterocycles. The number of hydrogen-bond acceptors (Lipinski definition) is 4. The predicted octanol–water partition coefficient (Wildman–Crippen LogP) is 14.2. The van der Waals surface area contributed by atoms with Gasteiger partial charge in [-0.25, -0.2) is 0 Å². The second-order valence-electron chi connectivity index (χ2n) is 13.2. The van der Waals surface area contributed by atoms with Crippen LogP contribution < -0.4 is 4.90 Å². The van der Waals surface area contributed by atoms with E-state index in [0.717, 1.165) is 99.6 Å². The molecular weight excluding hydrogens is 639 g/mol. The zero-order valence-corrected chi connectivity index (χ0v) is 27.9. The fourth-order valence-electron chi connectivity index (χ4n) is 7.93. The van der Waals surface area contributed by atoms with Gasteiger partial charge in [-0.1, -0.05) is 133 Å². The Hall–Kier alpha value is -7.04. The fraction of sp³-hybridized carbons (Fsp3) is 0. The van der Waals surface area contributed by atoms with Crippen LogP contribution in [-0.4, -0.2) is 0 Å². The summed E-state index contributed by atoms with van der Waals surface area (Å²) in [6.45, 7) is 0. The van der Waals surface area contributed by atoms with Crippen LogP contribution in [0.5, 0.6) is 0 Å². The number of hydrogen-bond donors (Lipinski definition) is 0. The van der Waals surface area contributed by atoms with Gasteiger partial charge in [0.25, 0.3) is 0 Å². The van der Waals surface area contributed by atoms with Crippen LogP contribution in [0.4, 0.5) is 17.1 Å². The molecule has 0 unspecified atom stereocenters. The van der Waals surface area contributed by atoms with E-state index in [1.165, 1.54) is 5.56 Å². The summed E-state index contributed by atoms with van der Waals surface area (Å²) in [5.74, 6) is 0. The summed E-state index contributed by atoms with van der Waals surface area (Å²) < 4.78 is 20.3. The van der Waals surface area contributed by atoms with Crippen molar-refractivity contribution in [1.82, 2.24) is 0 Å². The Morgan fingerprint density at radius 1 is 0.327 bits per heavy atom. The first kappa shape index (κ1) is 28.8. The Kier molecular flexibility index (Phi) is 6.22. The molecule has 0 aliphatic carbocycles. The lowest BCUT2D eigenvalue weighted by Gasteiger charge is -2.25. The van der Waals surface area contributed by atoms with Gasteiger partial charge in [-0.15, -0.1) is 0 Å². The van der Waals surface area contributed by atoms with Crippen molar-refractivity contribution in [2.75, 3.05) is 4.90 Å². The zero-order valence-electron chi connectivity index (χ0n) is 27.9. The molecule has 3 aromatic heterocycles. The first-order valence-corrected chi connectivity index (χ1v) is 17.5. The van der Waals surface area contributed by atoms with E-state index in [0.29, 0.717) is 0 Å². The van der Waals surface area contributed by atoms with Crippen molar-refractivity contribution in [3.05, 3.63) is 176 Å². The van der Waals surface area contributed by atoms with Crippen LogP contribution in [0.1, 0.15) is 0 Å². The van der Waals surface area contributed by atoms with E-state index in [1.807, 2.05) is 36.4 Å². The van der Waals surface area contributed by atoms with Crippen molar-refractivity contribution in [1.29, 1.82) is 0 Å². The molecule has 0 radical (unpaired) electrons. The molecule has 4 heteroatoms. The minimum Gasteiger partial charge on any atom is -0.456 e. The van der Waals surface area contributed by atoms with Crippen molar-refractivity contribution in [2.24, 2.45) is 0 Å². The van der Waals surface area contributed by atoms with Crippen LogP contribution >= 0.6 is 0 Å². The van der Waals surface area contributed by atoms with Gasteiger partial charge in [0.05, 0.1) is 11.4 Å². The average Bonchev–Trinajstić information content (AvgIpc) is 3.90. The molecule has 8 aromatic carbocycles. The lowest BCUT2D eigenvalue weighted by Crippen LogP contribution is -2.10. The van der Waals surface area contributed by atoms with Crippen molar-refractivity contribution in [3.63, 3.8) is 0 Å². The second-order valence-corrected chi connectivity index (χ2v) is 13.2. The molecule has 0 aliphatic heterocycles. The summed E-state index contributed by atoms with van der Waals surface area (Å²) in [7, 11) is 0. The number of benzene rings is 8. The Morgan fingerprint density at radius 3 is 1.58 bits per heavy atom. The van der Waals surface area contributed by atoms with Crippen molar-refractivity contribution in [2.45, 2.75) is 0 Å². The monoisotopic (exact) mass is 667 g/mol. The quantitative estimate of drug-likeness (QED) is 0.183. The predicted molar refractivity (Wildman–Crippen MR) is 214 cm³/mol. The van der Waals surface area contributed by atoms with Crippen LogP contribution in [0.25, 0.3) is 88.1 Å². The maximum Gasteiger partial charge on any atom is 0.159 e. The summed E-state index contributed by atoms with van der Waals surface area (Å²) in [4.78, 5) is 2.27. The van der Waals surface area contributed by atoms with E-state index < -0.39 is 0 Å². The van der Waals surface area contributed by atoms with Crippen LogP contribution in [-0.2, 0) is 0 Å². The normalized spacial score (nSPS) is 11.8. The third-order valence-corrected chi connectivity index (χ3v) is 10.3. The largest absolute Gasteiger partial charge is 0.456 e. The molecule has 3 heterocycles. The SMILES string of the molecule is c1ccc(-c2ccc(N(c3cccc4c3oc3ccccc34)c3cccc4c3oc3c(-c5ccccc5)c5c(cc34)oc3ccccc35)cc2)cc1. The molecule has 0 saturated carbocycles. The lowest BCUT2D eigenvalue weighted by molar-refractivity contribution is 0.664. The molecular formula is C48H29NO3. The molecule has 0 spiro atoms. The molecule has 0 fully saturated rings. The Morgan fingerprint density at radius 2 is 0.865 bits per heavy atom. The Balaban J connectivity index is 1.22. The number of rotatable bonds is 5. The van der Waals surface area contributed by atoms with Gasteiger partial charge in [0.15, 0.2) is 11.2 Å². The highest BCUT2D eigenvalue weighted by Gasteiger charge is 2.26. The lowest BCUT2D eigenvalue weighted by atomic mass is 9.96. The highest BCUT2D eigenvalue weighted by atomic mass is 16.3. The van der Waals surface area contributed by atoms with Gasteiger partial charge < -0.3 is 18.2 Å². The van der Waals surface area contributed by atoms with Gasteiger partial charge >= 0.3 is 0 Å². The van der Waals surface area contributed by atoms with Gasteiger partial charge in [0.2, 0.25) is 0 Å². The van der Waals surface area contributed by atoms with Gasteiger partial charge in [-0.2, -0.15) is 0 Å². The minimum absolute atomic E-state index is 0.784.